The van der Waals surface area contributed by atoms with E-state index >= 15 is 0 Å². The van der Waals surface area contributed by atoms with E-state index < -0.39 is 0 Å². The molecule has 1 saturated heterocycles. The predicted molar refractivity (Wildman–Crippen MR) is 78.8 cm³/mol. The van der Waals surface area contributed by atoms with Gasteiger partial charge in [0.15, 0.2) is 0 Å². The fourth-order valence-electron chi connectivity index (χ4n) is 3.05. The minimum absolute atomic E-state index is 0.611. The van der Waals surface area contributed by atoms with Gasteiger partial charge in [-0.2, -0.15) is 0 Å². The summed E-state index contributed by atoms with van der Waals surface area (Å²) in [5.41, 5.74) is 1.30. The van der Waals surface area contributed by atoms with Gasteiger partial charge in [0.1, 0.15) is 5.75 Å². The molecule has 0 amide bonds. The third-order valence-corrected chi connectivity index (χ3v) is 4.20. The fourth-order valence-corrected chi connectivity index (χ4v) is 3.05. The van der Waals surface area contributed by atoms with Crippen LogP contribution >= 0.6 is 0 Å². The van der Waals surface area contributed by atoms with E-state index in [4.69, 9.17) is 4.74 Å². The van der Waals surface area contributed by atoms with Gasteiger partial charge in [-0.1, -0.05) is 0 Å². The highest BCUT2D eigenvalue weighted by molar-refractivity contribution is 5.81. The standard InChI is InChI=1S/C16H22N2O/c1-13(17-8-3-4-9-17)12-18-10-7-14-11-15(19-2)5-6-16(14)18/h5-7,10-11,13H,3-4,8-9,12H2,1-2H3. The molecule has 1 aliphatic rings. The number of hydrogen-bond acceptors (Lipinski definition) is 2. The van der Waals surface area contributed by atoms with Crippen molar-refractivity contribution >= 4 is 10.9 Å². The van der Waals surface area contributed by atoms with Crippen LogP contribution < -0.4 is 4.74 Å². The zero-order valence-corrected chi connectivity index (χ0v) is 11.8. The second-order valence-corrected chi connectivity index (χ2v) is 5.48. The number of benzene rings is 1. The lowest BCUT2D eigenvalue weighted by molar-refractivity contribution is 0.237. The highest BCUT2D eigenvalue weighted by Gasteiger charge is 2.18. The summed E-state index contributed by atoms with van der Waals surface area (Å²) < 4.78 is 7.64. The number of rotatable bonds is 4. The Morgan fingerprint density at radius 2 is 2.00 bits per heavy atom. The van der Waals surface area contributed by atoms with Crippen LogP contribution in [0.2, 0.25) is 0 Å². The van der Waals surface area contributed by atoms with Gasteiger partial charge < -0.3 is 9.30 Å². The van der Waals surface area contributed by atoms with Gasteiger partial charge in [-0.25, -0.2) is 0 Å². The van der Waals surface area contributed by atoms with E-state index in [0.717, 1.165) is 12.3 Å². The molecule has 1 fully saturated rings. The molecule has 2 aromatic rings. The summed E-state index contributed by atoms with van der Waals surface area (Å²) in [5.74, 6) is 0.929. The van der Waals surface area contributed by atoms with Crippen LogP contribution in [0.3, 0.4) is 0 Å². The molecule has 1 atom stereocenters. The van der Waals surface area contributed by atoms with E-state index in [9.17, 15) is 0 Å². The lowest BCUT2D eigenvalue weighted by atomic mass is 10.2. The summed E-state index contributed by atoms with van der Waals surface area (Å²) in [4.78, 5) is 2.59. The maximum absolute atomic E-state index is 5.28. The first kappa shape index (κ1) is 12.5. The Kier molecular flexibility index (Phi) is 3.47. The average molecular weight is 258 g/mol. The van der Waals surface area contributed by atoms with Crippen molar-refractivity contribution in [2.24, 2.45) is 0 Å². The molecule has 102 valence electrons. The van der Waals surface area contributed by atoms with Crippen molar-refractivity contribution in [2.75, 3.05) is 20.2 Å². The van der Waals surface area contributed by atoms with E-state index in [1.165, 1.54) is 36.8 Å². The van der Waals surface area contributed by atoms with Crippen LogP contribution in [0.15, 0.2) is 30.5 Å². The summed E-state index contributed by atoms with van der Waals surface area (Å²) in [6.45, 7) is 5.92. The molecule has 2 heterocycles. The second kappa shape index (κ2) is 5.25. The first-order valence-electron chi connectivity index (χ1n) is 7.15. The highest BCUT2D eigenvalue weighted by atomic mass is 16.5. The van der Waals surface area contributed by atoms with Crippen LogP contribution in [0.25, 0.3) is 10.9 Å². The quantitative estimate of drug-likeness (QED) is 0.838. The molecule has 3 nitrogen and oxygen atoms in total. The molecule has 0 N–H and O–H groups in total. The average Bonchev–Trinajstić information content (AvgIpc) is 3.08. The fraction of sp³-hybridized carbons (Fsp3) is 0.500. The molecule has 0 radical (unpaired) electrons. The minimum atomic E-state index is 0.611. The third kappa shape index (κ3) is 2.47. The van der Waals surface area contributed by atoms with Crippen molar-refractivity contribution < 1.29 is 4.74 Å². The first-order valence-corrected chi connectivity index (χ1v) is 7.15. The van der Waals surface area contributed by atoms with Crippen LogP contribution in [-0.4, -0.2) is 35.7 Å². The number of ether oxygens (including phenoxy) is 1. The third-order valence-electron chi connectivity index (χ3n) is 4.20. The van der Waals surface area contributed by atoms with E-state index in [0.29, 0.717) is 6.04 Å². The molecule has 0 bridgehead atoms. The number of fused-ring (bicyclic) bond motifs is 1. The van der Waals surface area contributed by atoms with Gasteiger partial charge >= 0.3 is 0 Å². The monoisotopic (exact) mass is 258 g/mol. The summed E-state index contributed by atoms with van der Waals surface area (Å²) in [6, 6.07) is 9.09. The van der Waals surface area contributed by atoms with Crippen molar-refractivity contribution in [1.29, 1.82) is 0 Å². The summed E-state index contributed by atoms with van der Waals surface area (Å²) in [6.07, 6.45) is 4.90. The molecule has 0 saturated carbocycles. The maximum Gasteiger partial charge on any atom is 0.119 e. The van der Waals surface area contributed by atoms with Crippen molar-refractivity contribution in [2.45, 2.75) is 32.4 Å². The Labute approximate surface area is 114 Å². The Morgan fingerprint density at radius 1 is 1.21 bits per heavy atom. The summed E-state index contributed by atoms with van der Waals surface area (Å²) >= 11 is 0. The molecule has 19 heavy (non-hydrogen) atoms. The largest absolute Gasteiger partial charge is 0.497 e. The lowest BCUT2D eigenvalue weighted by Crippen LogP contribution is -2.33. The Hall–Kier alpha value is -1.48. The van der Waals surface area contributed by atoms with Gasteiger partial charge in [-0.3, -0.25) is 4.90 Å². The number of aromatic nitrogens is 1. The molecule has 1 unspecified atom stereocenters. The van der Waals surface area contributed by atoms with Gasteiger partial charge in [0.2, 0.25) is 0 Å². The normalized spacial score (nSPS) is 18.0. The van der Waals surface area contributed by atoms with Crippen LogP contribution in [0.5, 0.6) is 5.75 Å². The molecule has 3 heteroatoms. The van der Waals surface area contributed by atoms with Gasteiger partial charge in [-0.15, -0.1) is 0 Å². The Morgan fingerprint density at radius 3 is 2.74 bits per heavy atom. The van der Waals surface area contributed by atoms with Gasteiger partial charge in [0.25, 0.3) is 0 Å². The van der Waals surface area contributed by atoms with Gasteiger partial charge in [0.05, 0.1) is 7.11 Å². The minimum Gasteiger partial charge on any atom is -0.497 e. The second-order valence-electron chi connectivity index (χ2n) is 5.48. The van der Waals surface area contributed by atoms with Crippen LogP contribution in [0.4, 0.5) is 0 Å². The lowest BCUT2D eigenvalue weighted by Gasteiger charge is -2.24. The van der Waals surface area contributed by atoms with Gasteiger partial charge in [-0.05, 0) is 57.1 Å². The number of likely N-dealkylation sites (tertiary alicyclic amines) is 1. The number of methoxy groups -OCH3 is 1. The SMILES string of the molecule is COc1ccc2c(ccn2CC(C)N2CCCC2)c1. The van der Waals surface area contributed by atoms with Crippen molar-refractivity contribution in [3.8, 4) is 5.75 Å². The Bertz CT molecular complexity index is 555. The zero-order chi connectivity index (χ0) is 13.2. The first-order chi connectivity index (χ1) is 9.28. The van der Waals surface area contributed by atoms with E-state index in [1.54, 1.807) is 7.11 Å². The molecule has 1 aromatic carbocycles. The van der Waals surface area contributed by atoms with Crippen LogP contribution in [0, 0.1) is 0 Å². The smallest absolute Gasteiger partial charge is 0.119 e. The molecule has 1 aliphatic heterocycles. The van der Waals surface area contributed by atoms with E-state index in [2.05, 4.69) is 40.8 Å². The maximum atomic E-state index is 5.28. The van der Waals surface area contributed by atoms with Crippen molar-refractivity contribution in [1.82, 2.24) is 9.47 Å². The van der Waals surface area contributed by atoms with Gasteiger partial charge in [0, 0.05) is 29.7 Å². The molecule has 0 spiro atoms. The van der Waals surface area contributed by atoms with Crippen LogP contribution in [-0.2, 0) is 6.54 Å². The zero-order valence-electron chi connectivity index (χ0n) is 11.8. The predicted octanol–water partition coefficient (Wildman–Crippen LogP) is 3.13. The summed E-state index contributed by atoms with van der Waals surface area (Å²) in [5, 5.41) is 1.26. The molecule has 0 aliphatic carbocycles. The van der Waals surface area contributed by atoms with Crippen molar-refractivity contribution in [3.63, 3.8) is 0 Å². The molecule has 1 aromatic heterocycles. The summed E-state index contributed by atoms with van der Waals surface area (Å²) in [7, 11) is 1.72. The molecular weight excluding hydrogens is 236 g/mol. The van der Waals surface area contributed by atoms with E-state index in [-0.39, 0.29) is 0 Å². The Balaban J connectivity index is 1.80. The number of hydrogen-bond donors (Lipinski definition) is 0. The molecule has 3 rings (SSSR count). The number of nitrogens with zero attached hydrogens (tertiary/aromatic N) is 2. The van der Waals surface area contributed by atoms with E-state index in [1.807, 2.05) is 6.07 Å². The van der Waals surface area contributed by atoms with Crippen LogP contribution in [0.1, 0.15) is 19.8 Å². The molecular formula is C16H22N2O. The topological polar surface area (TPSA) is 17.4 Å². The van der Waals surface area contributed by atoms with Crippen molar-refractivity contribution in [3.05, 3.63) is 30.5 Å². The highest BCUT2D eigenvalue weighted by Crippen LogP contribution is 2.23.